The lowest BCUT2D eigenvalue weighted by Gasteiger charge is -2.45. The maximum absolute atomic E-state index is 12.7. The summed E-state index contributed by atoms with van der Waals surface area (Å²) in [4.78, 5) is 25.0. The Kier molecular flexibility index (Phi) is 18.5. The smallest absolute Gasteiger partial charge is 0.388 e. The van der Waals surface area contributed by atoms with Gasteiger partial charge in [-0.25, -0.2) is 4.79 Å². The molecule has 202 valence electrons. The highest BCUT2D eigenvalue weighted by Crippen LogP contribution is 2.26. The van der Waals surface area contributed by atoms with Crippen LogP contribution in [-0.4, -0.2) is 47.8 Å². The summed E-state index contributed by atoms with van der Waals surface area (Å²) in [5.74, 6) is -0.193. The molecule has 0 spiro atoms. The van der Waals surface area contributed by atoms with Crippen molar-refractivity contribution in [3.8, 4) is 0 Å². The molecule has 5 heteroatoms. The Hall–Kier alpha value is -1.10. The first-order chi connectivity index (χ1) is 16.1. The lowest BCUT2D eigenvalue weighted by Crippen LogP contribution is -2.72. The van der Waals surface area contributed by atoms with Gasteiger partial charge in [0.05, 0.1) is 20.6 Å². The summed E-state index contributed by atoms with van der Waals surface area (Å²) < 4.78 is 0.285. The third-order valence-electron chi connectivity index (χ3n) is 7.35. The predicted molar refractivity (Wildman–Crippen MR) is 145 cm³/mol. The Labute approximate surface area is 212 Å². The van der Waals surface area contributed by atoms with Crippen LogP contribution in [-0.2, 0) is 9.59 Å². The molecule has 0 radical (unpaired) electrons. The minimum Gasteiger partial charge on any atom is -0.475 e. The minimum absolute atomic E-state index is 0.119. The highest BCUT2D eigenvalue weighted by Gasteiger charge is 2.53. The number of quaternary nitrogens is 1. The monoisotopic (exact) mass is 483 g/mol. The lowest BCUT2D eigenvalue weighted by molar-refractivity contribution is -0.935. The molecule has 34 heavy (non-hydrogen) atoms. The number of carboxylic acid groups (broad SMARTS) is 1. The van der Waals surface area contributed by atoms with Crippen LogP contribution in [0.5, 0.6) is 0 Å². The van der Waals surface area contributed by atoms with Gasteiger partial charge in [-0.15, -0.1) is 0 Å². The molecule has 0 saturated carbocycles. The average Bonchev–Trinajstić information content (AvgIpc) is 2.77. The Morgan fingerprint density at radius 2 is 1.24 bits per heavy atom. The molecule has 5 nitrogen and oxygen atoms in total. The number of rotatable bonds is 23. The number of aliphatic carboxylic acids is 1. The number of nitrogens with one attached hydrogen (secondary N) is 1. The number of likely N-dealkylation sites (N-methyl/N-ethyl adjacent to an activating group) is 1. The SMILES string of the molecule is CCCC[N+](C)(C)C(CCC)(NC(=O)CCCCCCCCCCCCCCC(C)C)C(=O)O. The number of nitrogens with zero attached hydrogens (tertiary/aromatic N) is 1. The molecule has 0 bridgehead atoms. The van der Waals surface area contributed by atoms with E-state index in [1.807, 2.05) is 21.0 Å². The zero-order chi connectivity index (χ0) is 25.9. The van der Waals surface area contributed by atoms with E-state index in [4.69, 9.17) is 0 Å². The van der Waals surface area contributed by atoms with Crippen LogP contribution in [0.2, 0.25) is 0 Å². The van der Waals surface area contributed by atoms with Crippen molar-refractivity contribution in [3.05, 3.63) is 0 Å². The fourth-order valence-electron chi connectivity index (χ4n) is 4.94. The van der Waals surface area contributed by atoms with Gasteiger partial charge in [0.2, 0.25) is 5.91 Å². The Morgan fingerprint density at radius 1 is 0.765 bits per heavy atom. The van der Waals surface area contributed by atoms with Crippen molar-refractivity contribution in [2.45, 2.75) is 149 Å². The quantitative estimate of drug-likeness (QED) is 0.0889. The van der Waals surface area contributed by atoms with Gasteiger partial charge < -0.3 is 5.11 Å². The number of hydrogen-bond acceptors (Lipinski definition) is 2. The van der Waals surface area contributed by atoms with E-state index >= 15 is 0 Å². The highest BCUT2D eigenvalue weighted by atomic mass is 16.4. The molecule has 0 aliphatic rings. The van der Waals surface area contributed by atoms with Crippen molar-refractivity contribution in [1.29, 1.82) is 0 Å². The summed E-state index contributed by atoms with van der Waals surface area (Å²) in [6.07, 6.45) is 20.1. The maximum Gasteiger partial charge on any atom is 0.388 e. The van der Waals surface area contributed by atoms with Crippen molar-refractivity contribution < 1.29 is 19.2 Å². The molecule has 1 unspecified atom stereocenters. The van der Waals surface area contributed by atoms with Crippen LogP contribution in [0.1, 0.15) is 143 Å². The normalized spacial score (nSPS) is 13.7. The summed E-state index contributed by atoms with van der Waals surface area (Å²) >= 11 is 0. The first-order valence-electron chi connectivity index (χ1n) is 14.5. The number of carbonyl (C=O) groups excluding carboxylic acids is 1. The molecule has 0 aromatic heterocycles. The van der Waals surface area contributed by atoms with Crippen molar-refractivity contribution in [2.24, 2.45) is 5.92 Å². The zero-order valence-corrected chi connectivity index (χ0v) is 23.7. The van der Waals surface area contributed by atoms with E-state index in [0.29, 0.717) is 12.8 Å². The van der Waals surface area contributed by atoms with Gasteiger partial charge in [0.1, 0.15) is 0 Å². The molecule has 0 heterocycles. The van der Waals surface area contributed by atoms with Crippen LogP contribution in [0.25, 0.3) is 0 Å². The highest BCUT2D eigenvalue weighted by molar-refractivity contribution is 5.85. The van der Waals surface area contributed by atoms with Gasteiger partial charge in [0.25, 0.3) is 5.66 Å². The topological polar surface area (TPSA) is 66.4 Å². The molecule has 0 aliphatic carbocycles. The van der Waals surface area contributed by atoms with E-state index in [9.17, 15) is 14.7 Å². The molecule has 0 fully saturated rings. The Morgan fingerprint density at radius 3 is 1.65 bits per heavy atom. The van der Waals surface area contributed by atoms with E-state index < -0.39 is 11.6 Å². The summed E-state index contributed by atoms with van der Waals surface area (Å²) in [6, 6.07) is 0. The second-order valence-corrected chi connectivity index (χ2v) is 11.4. The Balaban J connectivity index is 4.09. The number of hydrogen-bond donors (Lipinski definition) is 2. The minimum atomic E-state index is -1.24. The van der Waals surface area contributed by atoms with Gasteiger partial charge in [-0.05, 0) is 25.2 Å². The van der Waals surface area contributed by atoms with Crippen molar-refractivity contribution in [1.82, 2.24) is 5.32 Å². The van der Waals surface area contributed by atoms with Crippen molar-refractivity contribution in [3.63, 3.8) is 0 Å². The van der Waals surface area contributed by atoms with E-state index in [-0.39, 0.29) is 10.4 Å². The summed E-state index contributed by atoms with van der Waals surface area (Å²) in [5.41, 5.74) is -1.24. The van der Waals surface area contributed by atoms with Gasteiger partial charge in [-0.3, -0.25) is 14.6 Å². The van der Waals surface area contributed by atoms with Gasteiger partial charge in [0.15, 0.2) is 0 Å². The molecule has 0 rings (SSSR count). The van der Waals surface area contributed by atoms with Crippen molar-refractivity contribution in [2.75, 3.05) is 20.6 Å². The molecule has 0 saturated heterocycles. The molecule has 1 amide bonds. The fraction of sp³-hybridized carbons (Fsp3) is 0.931. The van der Waals surface area contributed by atoms with Crippen LogP contribution < -0.4 is 5.32 Å². The number of carboxylic acids is 1. The molecule has 0 aromatic carbocycles. The Bertz CT molecular complexity index is 533. The first kappa shape index (κ1) is 32.9. The molecule has 1 atom stereocenters. The van der Waals surface area contributed by atoms with Gasteiger partial charge in [-0.2, -0.15) is 0 Å². The lowest BCUT2D eigenvalue weighted by atomic mass is 9.98. The summed E-state index contributed by atoms with van der Waals surface area (Å²) in [6.45, 7) is 9.44. The first-order valence-corrected chi connectivity index (χ1v) is 14.5. The van der Waals surface area contributed by atoms with Crippen LogP contribution in [0.15, 0.2) is 0 Å². The fourth-order valence-corrected chi connectivity index (χ4v) is 4.94. The van der Waals surface area contributed by atoms with E-state index in [0.717, 1.165) is 44.6 Å². The molecular weight excluding hydrogens is 424 g/mol. The van der Waals surface area contributed by atoms with Crippen molar-refractivity contribution >= 4 is 11.9 Å². The average molecular weight is 484 g/mol. The summed E-state index contributed by atoms with van der Waals surface area (Å²) in [5, 5.41) is 13.1. The maximum atomic E-state index is 12.7. The molecule has 0 aliphatic heterocycles. The number of amides is 1. The number of unbranched alkanes of at least 4 members (excludes halogenated alkanes) is 12. The standard InChI is InChI=1S/C29H58N2O3/c1-7-9-25-31(5,6)29(24-8-2,28(33)34)30-27(32)23-21-19-17-15-13-11-10-12-14-16-18-20-22-26(3)4/h26H,7-25H2,1-6H3,(H-,30,32,33,34)/p+1. The van der Waals surface area contributed by atoms with Crippen LogP contribution in [0, 0.1) is 5.92 Å². The van der Waals surface area contributed by atoms with E-state index in [2.05, 4.69) is 26.1 Å². The zero-order valence-electron chi connectivity index (χ0n) is 23.7. The van der Waals surface area contributed by atoms with Crippen LogP contribution >= 0.6 is 0 Å². The molecular formula is C29H59N2O3+. The summed E-state index contributed by atoms with van der Waals surface area (Å²) in [7, 11) is 3.87. The van der Waals surface area contributed by atoms with Gasteiger partial charge in [0, 0.05) is 12.8 Å². The van der Waals surface area contributed by atoms with E-state index in [1.165, 1.54) is 70.6 Å². The second kappa shape index (κ2) is 19.1. The van der Waals surface area contributed by atoms with Crippen LogP contribution in [0.3, 0.4) is 0 Å². The molecule has 0 aromatic rings. The second-order valence-electron chi connectivity index (χ2n) is 11.4. The third-order valence-corrected chi connectivity index (χ3v) is 7.35. The number of carbonyl (C=O) groups is 2. The van der Waals surface area contributed by atoms with Gasteiger partial charge >= 0.3 is 5.97 Å². The van der Waals surface area contributed by atoms with Gasteiger partial charge in [-0.1, -0.05) is 111 Å². The van der Waals surface area contributed by atoms with Crippen LogP contribution in [0.4, 0.5) is 0 Å². The third kappa shape index (κ3) is 13.7. The largest absolute Gasteiger partial charge is 0.475 e. The molecule has 2 N–H and O–H groups in total. The predicted octanol–water partition coefficient (Wildman–Crippen LogP) is 7.68. The van der Waals surface area contributed by atoms with E-state index in [1.54, 1.807) is 0 Å².